The van der Waals surface area contributed by atoms with Crippen LogP contribution < -0.4 is 4.72 Å². The summed E-state index contributed by atoms with van der Waals surface area (Å²) in [7, 11) is -8.14. The number of sulfonamides is 1. The van der Waals surface area contributed by atoms with E-state index in [0.717, 1.165) is 6.07 Å². The Morgan fingerprint density at radius 2 is 1.74 bits per heavy atom. The molecule has 0 spiro atoms. The van der Waals surface area contributed by atoms with E-state index in [-0.39, 0.29) is 19.6 Å². The van der Waals surface area contributed by atoms with Gasteiger partial charge in [-0.3, -0.25) is 4.79 Å². The van der Waals surface area contributed by atoms with Gasteiger partial charge in [0, 0.05) is 24.0 Å². The van der Waals surface area contributed by atoms with E-state index in [9.17, 15) is 21.6 Å². The van der Waals surface area contributed by atoms with Crippen LogP contribution in [-0.2, 0) is 19.9 Å². The lowest BCUT2D eigenvalue weighted by molar-refractivity contribution is 0.0981. The second-order valence-corrected chi connectivity index (χ2v) is 11.0. The first-order valence-corrected chi connectivity index (χ1v) is 12.5. The third kappa shape index (κ3) is 4.26. The average Bonchev–Trinajstić information content (AvgIpc) is 3.47. The number of amides is 1. The van der Waals surface area contributed by atoms with Gasteiger partial charge in [0.2, 0.25) is 9.84 Å². The summed E-state index contributed by atoms with van der Waals surface area (Å²) in [5.41, 5.74) is 0.0215. The van der Waals surface area contributed by atoms with Crippen LogP contribution in [0.25, 0.3) is 5.82 Å². The molecule has 0 bridgehead atoms. The number of nitrogens with one attached hydrogen (secondary N) is 1. The Bertz CT molecular complexity index is 1430. The summed E-state index contributed by atoms with van der Waals surface area (Å²) in [5, 5.41) is 5.24. The first-order chi connectivity index (χ1) is 14.8. The molecule has 4 aromatic rings. The number of benzene rings is 1. The van der Waals surface area contributed by atoms with Gasteiger partial charge in [0.1, 0.15) is 4.21 Å². The van der Waals surface area contributed by atoms with Crippen molar-refractivity contribution < 1.29 is 21.6 Å². The summed E-state index contributed by atoms with van der Waals surface area (Å²) in [6, 6.07) is 13.3. The van der Waals surface area contributed by atoms with Crippen LogP contribution in [0.15, 0.2) is 92.6 Å². The molecule has 3 aromatic heterocycles. The topological polar surface area (TPSA) is 128 Å². The molecule has 0 radical (unpaired) electrons. The number of carbonyl (C=O) groups excluding carboxylic acids is 1. The van der Waals surface area contributed by atoms with Crippen molar-refractivity contribution in [3.8, 4) is 5.82 Å². The second kappa shape index (κ2) is 8.06. The molecule has 12 heteroatoms. The molecule has 0 aliphatic rings. The zero-order valence-electron chi connectivity index (χ0n) is 15.6. The molecule has 0 aliphatic carbocycles. The van der Waals surface area contributed by atoms with E-state index in [1.54, 1.807) is 36.7 Å². The second-order valence-electron chi connectivity index (χ2n) is 6.21. The van der Waals surface area contributed by atoms with Gasteiger partial charge in [-0.25, -0.2) is 31.2 Å². The van der Waals surface area contributed by atoms with Crippen molar-refractivity contribution in [2.24, 2.45) is 0 Å². The number of pyridine rings is 1. The number of thiophene rings is 1. The molecule has 0 saturated carbocycles. The largest absolute Gasteiger partial charge is 0.273 e. The first-order valence-electron chi connectivity index (χ1n) is 8.69. The molecule has 1 N–H and O–H groups in total. The molecule has 158 valence electrons. The van der Waals surface area contributed by atoms with Crippen LogP contribution in [0.3, 0.4) is 0 Å². The summed E-state index contributed by atoms with van der Waals surface area (Å²) in [6.07, 6.45) is 4.47. The summed E-state index contributed by atoms with van der Waals surface area (Å²) in [5.74, 6) is -0.432. The fraction of sp³-hybridized carbons (Fsp3) is 0. The highest BCUT2D eigenvalue weighted by Crippen LogP contribution is 2.28. The maximum Gasteiger partial charge on any atom is 0.273 e. The molecule has 0 fully saturated rings. The molecule has 3 heterocycles. The van der Waals surface area contributed by atoms with Gasteiger partial charge in [0.05, 0.1) is 15.4 Å². The Hall–Kier alpha value is -3.35. The van der Waals surface area contributed by atoms with Crippen LogP contribution in [0.5, 0.6) is 0 Å². The number of hydrogen-bond donors (Lipinski definition) is 1. The van der Waals surface area contributed by atoms with Crippen molar-refractivity contribution in [3.05, 3.63) is 84.1 Å². The predicted octanol–water partition coefficient (Wildman–Crippen LogP) is 2.28. The number of sulfone groups is 1. The minimum atomic E-state index is -4.27. The van der Waals surface area contributed by atoms with Crippen molar-refractivity contribution in [1.29, 1.82) is 0 Å². The van der Waals surface area contributed by atoms with E-state index in [4.69, 9.17) is 0 Å². The molecule has 0 saturated heterocycles. The zero-order valence-corrected chi connectivity index (χ0v) is 18.1. The van der Waals surface area contributed by atoms with Gasteiger partial charge in [-0.2, -0.15) is 5.10 Å². The number of nitrogens with zero attached hydrogens (tertiary/aromatic N) is 3. The van der Waals surface area contributed by atoms with Gasteiger partial charge >= 0.3 is 0 Å². The van der Waals surface area contributed by atoms with Gasteiger partial charge in [-0.1, -0.05) is 18.2 Å². The smallest absolute Gasteiger partial charge is 0.268 e. The van der Waals surface area contributed by atoms with E-state index in [1.165, 1.54) is 40.5 Å². The molecule has 9 nitrogen and oxygen atoms in total. The minimum absolute atomic E-state index is 0.0215. The van der Waals surface area contributed by atoms with Gasteiger partial charge in [0.15, 0.2) is 5.82 Å². The van der Waals surface area contributed by atoms with E-state index in [0.29, 0.717) is 17.2 Å². The fourth-order valence-electron chi connectivity index (χ4n) is 2.61. The number of rotatable bonds is 6. The van der Waals surface area contributed by atoms with Crippen LogP contribution in [0.4, 0.5) is 0 Å². The highest BCUT2D eigenvalue weighted by Gasteiger charge is 2.25. The molecule has 4 rings (SSSR count). The van der Waals surface area contributed by atoms with E-state index in [2.05, 4.69) is 10.1 Å². The highest BCUT2D eigenvalue weighted by molar-refractivity contribution is 7.93. The number of aromatic nitrogens is 3. The van der Waals surface area contributed by atoms with Crippen LogP contribution >= 0.6 is 11.3 Å². The normalized spacial score (nSPS) is 11.9. The lowest BCUT2D eigenvalue weighted by atomic mass is 10.3. The molecule has 31 heavy (non-hydrogen) atoms. The minimum Gasteiger partial charge on any atom is -0.268 e. The van der Waals surface area contributed by atoms with Crippen molar-refractivity contribution in [2.45, 2.75) is 14.0 Å². The molecular formula is C19H14N4O5S3. The van der Waals surface area contributed by atoms with Gasteiger partial charge in [-0.05, 0) is 36.4 Å². The van der Waals surface area contributed by atoms with Gasteiger partial charge in [-0.15, -0.1) is 11.3 Å². The van der Waals surface area contributed by atoms with Crippen LogP contribution in [0.1, 0.15) is 10.4 Å². The van der Waals surface area contributed by atoms with Crippen LogP contribution in [0, 0.1) is 0 Å². The molecule has 0 aliphatic heterocycles. The van der Waals surface area contributed by atoms with E-state index >= 15 is 0 Å². The Balaban J connectivity index is 1.54. The highest BCUT2D eigenvalue weighted by atomic mass is 32.2. The van der Waals surface area contributed by atoms with E-state index < -0.39 is 25.8 Å². The van der Waals surface area contributed by atoms with Crippen LogP contribution in [-0.4, -0.2) is 37.5 Å². The summed E-state index contributed by atoms with van der Waals surface area (Å²) >= 11 is 0.707. The van der Waals surface area contributed by atoms with E-state index in [1.807, 2.05) is 4.72 Å². The SMILES string of the molecule is O=C(NS(=O)(=O)c1cc(S(=O)(=O)c2ccccc2)cs1)c1ccc(-n2cccn2)nc1. The summed E-state index contributed by atoms with van der Waals surface area (Å²) in [6.45, 7) is 0. The zero-order chi connectivity index (χ0) is 22.1. The molecule has 1 amide bonds. The maximum atomic E-state index is 12.7. The molecule has 0 unspecified atom stereocenters. The monoisotopic (exact) mass is 474 g/mol. The van der Waals surface area contributed by atoms with Crippen LogP contribution in [0.2, 0.25) is 0 Å². The Morgan fingerprint density at radius 3 is 2.39 bits per heavy atom. The Kier molecular flexibility index (Phi) is 5.43. The molecule has 0 atom stereocenters. The fourth-order valence-corrected chi connectivity index (χ4v) is 6.49. The average molecular weight is 475 g/mol. The first kappa shape index (κ1) is 20.9. The lowest BCUT2D eigenvalue weighted by Gasteiger charge is -2.06. The molecule has 1 aromatic carbocycles. The quantitative estimate of drug-likeness (QED) is 0.454. The standard InChI is InChI=1S/C19H14N4O5S3/c24-19(14-7-8-17(20-12-14)23-10-4-9-21-23)22-31(27,28)18-11-16(13-29-18)30(25,26)15-5-2-1-3-6-15/h1-13H,(H,22,24). The van der Waals surface area contributed by atoms with Gasteiger partial charge in [0.25, 0.3) is 15.9 Å². The van der Waals surface area contributed by atoms with Gasteiger partial charge < -0.3 is 0 Å². The number of hydrogen-bond acceptors (Lipinski definition) is 8. The number of carbonyl (C=O) groups is 1. The van der Waals surface area contributed by atoms with Crippen molar-refractivity contribution in [3.63, 3.8) is 0 Å². The third-order valence-corrected chi connectivity index (χ3v) is 8.83. The molecular weight excluding hydrogens is 460 g/mol. The summed E-state index contributed by atoms with van der Waals surface area (Å²) in [4.78, 5) is 16.4. The maximum absolute atomic E-state index is 12.7. The van der Waals surface area contributed by atoms with Crippen molar-refractivity contribution in [1.82, 2.24) is 19.5 Å². The Morgan fingerprint density at radius 1 is 0.968 bits per heavy atom. The Labute approximate surface area is 182 Å². The van der Waals surface area contributed by atoms with Crippen molar-refractivity contribution in [2.75, 3.05) is 0 Å². The third-order valence-electron chi connectivity index (χ3n) is 4.16. The summed E-state index contributed by atoms with van der Waals surface area (Å²) < 4.78 is 53.6. The predicted molar refractivity (Wildman–Crippen MR) is 112 cm³/mol. The van der Waals surface area contributed by atoms with Crippen molar-refractivity contribution >= 4 is 37.1 Å². The lowest BCUT2D eigenvalue weighted by Crippen LogP contribution is -2.30.